The molecule has 0 aromatic heterocycles. The van der Waals surface area contributed by atoms with Crippen molar-refractivity contribution in [3.05, 3.63) is 28.6 Å². The fourth-order valence-electron chi connectivity index (χ4n) is 1.09. The summed E-state index contributed by atoms with van der Waals surface area (Å²) in [4.78, 5) is 0. The van der Waals surface area contributed by atoms with Crippen molar-refractivity contribution >= 4 is 18.1 Å². The molecule has 0 unspecified atom stereocenters. The van der Waals surface area contributed by atoms with Crippen molar-refractivity contribution in [2.75, 3.05) is 5.73 Å². The Bertz CT molecular complexity index is 381. The van der Waals surface area contributed by atoms with E-state index in [1.165, 1.54) is 0 Å². The molecule has 0 aliphatic carbocycles. The number of anilines is 1. The molecule has 0 bridgehead atoms. The number of benzene rings is 1. The highest BCUT2D eigenvalue weighted by Crippen LogP contribution is 1.89. The van der Waals surface area contributed by atoms with Crippen LogP contribution in [0.1, 0.15) is 0 Å². The molecular weight excluding hydrogens is 138 g/mol. The maximum Gasteiger partial charge on any atom is 0.0321 e. The van der Waals surface area contributed by atoms with Gasteiger partial charge in [0.25, 0.3) is 0 Å². The van der Waals surface area contributed by atoms with Gasteiger partial charge in [-0.1, -0.05) is 6.07 Å². The summed E-state index contributed by atoms with van der Waals surface area (Å²) in [7, 11) is 0. The van der Waals surface area contributed by atoms with Gasteiger partial charge in [-0.25, -0.2) is 0 Å². The van der Waals surface area contributed by atoms with Crippen LogP contribution in [-0.2, 0) is 0 Å². The summed E-state index contributed by atoms with van der Waals surface area (Å²) in [6.45, 7) is 0. The minimum atomic E-state index is 0.789. The summed E-state index contributed by atoms with van der Waals surface area (Å²) >= 11 is 0. The molecule has 56 valence electrons. The average Bonchev–Trinajstić information content (AvgIpc) is 2.04. The minimum absolute atomic E-state index is 0.789. The highest BCUT2D eigenvalue weighted by molar-refractivity contribution is 5.44. The van der Waals surface area contributed by atoms with Gasteiger partial charge in [-0.3, -0.25) is 0 Å². The highest BCUT2D eigenvalue weighted by atomic mass is 15.3. The summed E-state index contributed by atoms with van der Waals surface area (Å²) in [6.07, 6.45) is 3.78. The molecule has 4 N–H and O–H groups in total. The quantitative estimate of drug-likeness (QED) is 0.406. The monoisotopic (exact) mass is 147 g/mol. The standard InChI is InChI=1S/C8H9N3/c9-8-2-1-6-4-10-11-5-7(6)3-8/h1-5,10-11H,9H2. The Balaban J connectivity index is 2.80. The number of hydrogen-bond acceptors (Lipinski definition) is 3. The number of fused-ring (bicyclic) bond motifs is 1. The molecule has 0 saturated heterocycles. The zero-order valence-electron chi connectivity index (χ0n) is 5.96. The summed E-state index contributed by atoms with van der Waals surface area (Å²) in [6, 6.07) is 5.80. The lowest BCUT2D eigenvalue weighted by Crippen LogP contribution is -2.38. The van der Waals surface area contributed by atoms with E-state index in [4.69, 9.17) is 5.73 Å². The number of nitrogens with two attached hydrogens (primary N) is 1. The molecule has 1 aliphatic heterocycles. The molecule has 1 aliphatic rings. The van der Waals surface area contributed by atoms with Crippen LogP contribution in [-0.4, -0.2) is 0 Å². The SMILES string of the molecule is Nc1ccc2c(c1)=CNNC=2. The van der Waals surface area contributed by atoms with Crippen molar-refractivity contribution in [3.63, 3.8) is 0 Å². The van der Waals surface area contributed by atoms with E-state index in [1.807, 2.05) is 30.6 Å². The van der Waals surface area contributed by atoms with E-state index in [-0.39, 0.29) is 0 Å². The average molecular weight is 147 g/mol. The van der Waals surface area contributed by atoms with Crippen LogP contribution in [0.25, 0.3) is 12.4 Å². The number of hydrogen-bond donors (Lipinski definition) is 3. The van der Waals surface area contributed by atoms with Crippen molar-refractivity contribution in [2.24, 2.45) is 0 Å². The molecule has 2 rings (SSSR count). The minimum Gasteiger partial charge on any atom is -0.399 e. The van der Waals surface area contributed by atoms with Gasteiger partial charge in [0, 0.05) is 28.5 Å². The molecular formula is C8H9N3. The zero-order chi connectivity index (χ0) is 7.68. The number of nitrogens with one attached hydrogen (secondary N) is 2. The van der Waals surface area contributed by atoms with Gasteiger partial charge < -0.3 is 16.6 Å². The van der Waals surface area contributed by atoms with E-state index in [9.17, 15) is 0 Å². The third-order valence-corrected chi connectivity index (χ3v) is 1.65. The molecule has 0 spiro atoms. The Morgan fingerprint density at radius 3 is 2.55 bits per heavy atom. The summed E-state index contributed by atoms with van der Waals surface area (Å²) in [5, 5.41) is 2.27. The Morgan fingerprint density at radius 1 is 1.00 bits per heavy atom. The Morgan fingerprint density at radius 2 is 1.73 bits per heavy atom. The van der Waals surface area contributed by atoms with Gasteiger partial charge in [0.05, 0.1) is 0 Å². The zero-order valence-corrected chi connectivity index (χ0v) is 5.96. The second kappa shape index (κ2) is 2.20. The van der Waals surface area contributed by atoms with Gasteiger partial charge >= 0.3 is 0 Å². The lowest BCUT2D eigenvalue weighted by Gasteiger charge is -2.04. The predicted molar refractivity (Wildman–Crippen MR) is 45.3 cm³/mol. The van der Waals surface area contributed by atoms with Crippen molar-refractivity contribution in [2.45, 2.75) is 0 Å². The van der Waals surface area contributed by atoms with Crippen molar-refractivity contribution in [1.29, 1.82) is 0 Å². The van der Waals surface area contributed by atoms with E-state index >= 15 is 0 Å². The van der Waals surface area contributed by atoms with Gasteiger partial charge in [0.2, 0.25) is 0 Å². The van der Waals surface area contributed by atoms with Crippen LogP contribution in [0, 0.1) is 0 Å². The number of rotatable bonds is 0. The van der Waals surface area contributed by atoms with Gasteiger partial charge in [0.15, 0.2) is 0 Å². The maximum atomic E-state index is 5.60. The smallest absolute Gasteiger partial charge is 0.0321 e. The molecule has 0 amide bonds. The first kappa shape index (κ1) is 6.09. The molecule has 3 nitrogen and oxygen atoms in total. The van der Waals surface area contributed by atoms with Crippen LogP contribution in [0.3, 0.4) is 0 Å². The second-order valence-electron chi connectivity index (χ2n) is 2.47. The Labute approximate surface area is 64.2 Å². The van der Waals surface area contributed by atoms with Crippen LogP contribution in [0.2, 0.25) is 0 Å². The van der Waals surface area contributed by atoms with Crippen molar-refractivity contribution in [3.8, 4) is 0 Å². The Kier molecular flexibility index (Phi) is 1.22. The fraction of sp³-hybridized carbons (Fsp3) is 0. The van der Waals surface area contributed by atoms with Gasteiger partial charge in [-0.2, -0.15) is 0 Å². The van der Waals surface area contributed by atoms with E-state index in [0.717, 1.165) is 16.1 Å². The van der Waals surface area contributed by atoms with Crippen LogP contribution in [0.15, 0.2) is 18.2 Å². The lowest BCUT2D eigenvalue weighted by molar-refractivity contribution is 0.844. The van der Waals surface area contributed by atoms with Gasteiger partial charge in [-0.05, 0) is 12.1 Å². The van der Waals surface area contributed by atoms with E-state index < -0.39 is 0 Å². The molecule has 0 atom stereocenters. The van der Waals surface area contributed by atoms with Crippen LogP contribution in [0.4, 0.5) is 5.69 Å². The number of nitrogen functional groups attached to an aromatic ring is 1. The predicted octanol–water partition coefficient (Wildman–Crippen LogP) is -1.15. The molecule has 0 saturated carbocycles. The molecule has 11 heavy (non-hydrogen) atoms. The molecule has 1 aromatic rings. The van der Waals surface area contributed by atoms with Crippen LogP contribution < -0.4 is 27.0 Å². The third-order valence-electron chi connectivity index (χ3n) is 1.65. The molecule has 3 heteroatoms. The molecule has 0 radical (unpaired) electrons. The van der Waals surface area contributed by atoms with E-state index in [1.54, 1.807) is 0 Å². The van der Waals surface area contributed by atoms with E-state index in [0.29, 0.717) is 0 Å². The summed E-state index contributed by atoms with van der Waals surface area (Å²) in [5.74, 6) is 0. The van der Waals surface area contributed by atoms with Crippen LogP contribution >= 0.6 is 0 Å². The third kappa shape index (κ3) is 1.00. The van der Waals surface area contributed by atoms with Crippen molar-refractivity contribution < 1.29 is 0 Å². The second-order valence-corrected chi connectivity index (χ2v) is 2.47. The number of hydrazine groups is 1. The normalized spacial score (nSPS) is 13.1. The molecule has 0 fully saturated rings. The van der Waals surface area contributed by atoms with Crippen LogP contribution in [0.5, 0.6) is 0 Å². The first-order valence-corrected chi connectivity index (χ1v) is 3.43. The topological polar surface area (TPSA) is 50.1 Å². The fourth-order valence-corrected chi connectivity index (χ4v) is 1.09. The summed E-state index contributed by atoms with van der Waals surface area (Å²) < 4.78 is 0. The van der Waals surface area contributed by atoms with Crippen molar-refractivity contribution in [1.82, 2.24) is 10.9 Å². The van der Waals surface area contributed by atoms with Gasteiger partial charge in [0.1, 0.15) is 0 Å². The first-order chi connectivity index (χ1) is 5.36. The largest absolute Gasteiger partial charge is 0.399 e. The highest BCUT2D eigenvalue weighted by Gasteiger charge is 1.90. The first-order valence-electron chi connectivity index (χ1n) is 3.43. The molecule has 1 aromatic carbocycles. The Hall–Kier alpha value is -1.64. The van der Waals surface area contributed by atoms with Gasteiger partial charge in [-0.15, -0.1) is 0 Å². The maximum absolute atomic E-state index is 5.60. The molecule has 1 heterocycles. The summed E-state index contributed by atoms with van der Waals surface area (Å²) in [5.41, 5.74) is 12.2. The van der Waals surface area contributed by atoms with E-state index in [2.05, 4.69) is 10.9 Å². The lowest BCUT2D eigenvalue weighted by atomic mass is 10.2.